The van der Waals surface area contributed by atoms with E-state index in [1.54, 1.807) is 36.4 Å². The molecule has 126 valence electrons. The predicted molar refractivity (Wildman–Crippen MR) is 95.6 cm³/mol. The number of nitrogens with zero attached hydrogens (tertiary/aromatic N) is 1. The van der Waals surface area contributed by atoms with Gasteiger partial charge in [-0.15, -0.1) is 0 Å². The number of hydrogen-bond acceptors (Lipinski definition) is 3. The maximum atomic E-state index is 13.5. The second kappa shape index (κ2) is 7.32. The van der Waals surface area contributed by atoms with Crippen molar-refractivity contribution in [1.82, 2.24) is 4.98 Å². The molecule has 0 saturated carbocycles. The molecule has 0 aliphatic heterocycles. The van der Waals surface area contributed by atoms with E-state index in [1.165, 1.54) is 31.5 Å². The monoisotopic (exact) mass is 356 g/mol. The first kappa shape index (κ1) is 16.9. The average Bonchev–Trinajstić information content (AvgIpc) is 2.63. The number of amides is 1. The Balaban J connectivity index is 1.81. The number of carbonyl (C=O) groups is 1. The minimum Gasteiger partial charge on any atom is -0.496 e. The maximum absolute atomic E-state index is 13.5. The van der Waals surface area contributed by atoms with Crippen LogP contribution in [0.3, 0.4) is 0 Å². The Hall–Kier alpha value is -2.92. The lowest BCUT2D eigenvalue weighted by molar-refractivity contribution is 0.102. The van der Waals surface area contributed by atoms with Gasteiger partial charge in [0.25, 0.3) is 5.91 Å². The van der Waals surface area contributed by atoms with Crippen LogP contribution < -0.4 is 10.1 Å². The van der Waals surface area contributed by atoms with Crippen molar-refractivity contribution in [3.63, 3.8) is 0 Å². The van der Waals surface area contributed by atoms with E-state index >= 15 is 0 Å². The molecule has 0 spiro atoms. The topological polar surface area (TPSA) is 51.2 Å². The van der Waals surface area contributed by atoms with E-state index in [0.29, 0.717) is 33.3 Å². The Kier molecular flexibility index (Phi) is 4.95. The van der Waals surface area contributed by atoms with Crippen LogP contribution in [0.5, 0.6) is 5.75 Å². The zero-order chi connectivity index (χ0) is 17.8. The second-order valence-corrected chi connectivity index (χ2v) is 5.67. The largest absolute Gasteiger partial charge is 0.496 e. The number of pyridine rings is 1. The highest BCUT2D eigenvalue weighted by Gasteiger charge is 2.11. The van der Waals surface area contributed by atoms with Gasteiger partial charge in [-0.25, -0.2) is 4.39 Å². The molecule has 0 unspecified atom stereocenters. The summed E-state index contributed by atoms with van der Waals surface area (Å²) in [6.07, 6.45) is 1.44. The molecule has 1 aromatic heterocycles. The number of rotatable bonds is 4. The smallest absolute Gasteiger partial charge is 0.257 e. The van der Waals surface area contributed by atoms with E-state index in [4.69, 9.17) is 16.3 Å². The molecule has 1 N–H and O–H groups in total. The summed E-state index contributed by atoms with van der Waals surface area (Å²) in [4.78, 5) is 16.5. The highest BCUT2D eigenvalue weighted by atomic mass is 35.5. The van der Waals surface area contributed by atoms with E-state index in [2.05, 4.69) is 10.3 Å². The van der Waals surface area contributed by atoms with Crippen LogP contribution in [0.2, 0.25) is 5.02 Å². The van der Waals surface area contributed by atoms with Crippen LogP contribution >= 0.6 is 11.6 Å². The van der Waals surface area contributed by atoms with Crippen molar-refractivity contribution in [3.8, 4) is 17.0 Å². The van der Waals surface area contributed by atoms with E-state index in [1.807, 2.05) is 0 Å². The first-order chi connectivity index (χ1) is 12.1. The fourth-order valence-corrected chi connectivity index (χ4v) is 2.43. The minimum atomic E-state index is -0.387. The Bertz CT molecular complexity index is 896. The summed E-state index contributed by atoms with van der Waals surface area (Å²) in [5.41, 5.74) is 2.05. The lowest BCUT2D eigenvalue weighted by Gasteiger charge is -2.09. The molecular formula is C19H14ClFN2O2. The van der Waals surface area contributed by atoms with Crippen LogP contribution in [0.1, 0.15) is 10.4 Å². The van der Waals surface area contributed by atoms with Crippen LogP contribution in [0.25, 0.3) is 11.3 Å². The number of hydrogen-bond donors (Lipinski definition) is 1. The molecule has 1 heterocycles. The minimum absolute atomic E-state index is 0.299. The molecule has 0 aliphatic rings. The molecular weight excluding hydrogens is 343 g/mol. The van der Waals surface area contributed by atoms with Gasteiger partial charge in [-0.05, 0) is 54.6 Å². The predicted octanol–water partition coefficient (Wildman–Crippen LogP) is 4.80. The fraction of sp³-hybridized carbons (Fsp3) is 0.0526. The Morgan fingerprint density at radius 3 is 2.52 bits per heavy atom. The molecule has 0 bridgehead atoms. The van der Waals surface area contributed by atoms with Gasteiger partial charge < -0.3 is 10.1 Å². The van der Waals surface area contributed by atoms with Gasteiger partial charge in [-0.1, -0.05) is 11.6 Å². The summed E-state index contributed by atoms with van der Waals surface area (Å²) in [6, 6.07) is 14.3. The molecule has 0 radical (unpaired) electrons. The van der Waals surface area contributed by atoms with Crippen molar-refractivity contribution in [2.24, 2.45) is 0 Å². The first-order valence-electron chi connectivity index (χ1n) is 7.44. The maximum Gasteiger partial charge on any atom is 0.257 e. The number of methoxy groups -OCH3 is 1. The van der Waals surface area contributed by atoms with Gasteiger partial charge in [0, 0.05) is 22.5 Å². The van der Waals surface area contributed by atoms with Crippen LogP contribution in [0.4, 0.5) is 10.1 Å². The highest BCUT2D eigenvalue weighted by Crippen LogP contribution is 2.29. The zero-order valence-electron chi connectivity index (χ0n) is 13.3. The summed E-state index contributed by atoms with van der Waals surface area (Å²) in [5, 5.41) is 3.34. The Morgan fingerprint density at radius 2 is 1.88 bits per heavy atom. The van der Waals surface area contributed by atoms with Crippen LogP contribution in [0.15, 0.2) is 60.8 Å². The molecule has 0 saturated heterocycles. The number of ether oxygens (including phenoxy) is 1. The van der Waals surface area contributed by atoms with E-state index in [-0.39, 0.29) is 11.7 Å². The summed E-state index contributed by atoms with van der Waals surface area (Å²) >= 11 is 5.82. The quantitative estimate of drug-likeness (QED) is 0.730. The van der Waals surface area contributed by atoms with Crippen molar-refractivity contribution >= 4 is 23.2 Å². The Morgan fingerprint density at radius 1 is 1.12 bits per heavy atom. The second-order valence-electron chi connectivity index (χ2n) is 5.24. The number of halogens is 2. The molecule has 0 fully saturated rings. The fourth-order valence-electron chi connectivity index (χ4n) is 2.30. The highest BCUT2D eigenvalue weighted by molar-refractivity contribution is 6.30. The zero-order valence-corrected chi connectivity index (χ0v) is 14.0. The number of nitrogens with one attached hydrogen (secondary N) is 1. The third-order valence-electron chi connectivity index (χ3n) is 3.57. The van der Waals surface area contributed by atoms with Crippen molar-refractivity contribution in [2.75, 3.05) is 12.4 Å². The summed E-state index contributed by atoms with van der Waals surface area (Å²) in [5.74, 6) is -0.179. The summed E-state index contributed by atoms with van der Waals surface area (Å²) in [6.45, 7) is 0. The third kappa shape index (κ3) is 3.95. The van der Waals surface area contributed by atoms with Crippen molar-refractivity contribution in [1.29, 1.82) is 0 Å². The van der Waals surface area contributed by atoms with Gasteiger partial charge in [-0.3, -0.25) is 9.78 Å². The third-order valence-corrected chi connectivity index (χ3v) is 3.82. The molecule has 6 heteroatoms. The van der Waals surface area contributed by atoms with Gasteiger partial charge in [0.2, 0.25) is 0 Å². The summed E-state index contributed by atoms with van der Waals surface area (Å²) in [7, 11) is 1.50. The van der Waals surface area contributed by atoms with Gasteiger partial charge in [-0.2, -0.15) is 0 Å². The van der Waals surface area contributed by atoms with Gasteiger partial charge in [0.05, 0.1) is 18.4 Å². The number of aromatic nitrogens is 1. The molecule has 0 aliphatic carbocycles. The number of anilines is 1. The van der Waals surface area contributed by atoms with Gasteiger partial charge in [0.1, 0.15) is 11.6 Å². The molecule has 4 nitrogen and oxygen atoms in total. The van der Waals surface area contributed by atoms with E-state index in [0.717, 1.165) is 0 Å². The molecule has 0 atom stereocenters. The standard InChI is InChI=1S/C19H14ClFN2O2/c1-25-18-9-5-14(21)10-16(18)17-8-2-12(11-22-17)19(24)23-15-6-3-13(20)4-7-15/h2-11H,1H3,(H,23,24). The summed E-state index contributed by atoms with van der Waals surface area (Å²) < 4.78 is 18.7. The first-order valence-corrected chi connectivity index (χ1v) is 7.81. The van der Waals surface area contributed by atoms with Crippen molar-refractivity contribution in [2.45, 2.75) is 0 Å². The average molecular weight is 357 g/mol. The van der Waals surface area contributed by atoms with Crippen LogP contribution in [-0.2, 0) is 0 Å². The van der Waals surface area contributed by atoms with E-state index < -0.39 is 0 Å². The van der Waals surface area contributed by atoms with Gasteiger partial charge in [0.15, 0.2) is 0 Å². The van der Waals surface area contributed by atoms with Gasteiger partial charge >= 0.3 is 0 Å². The Labute approximate surface area is 149 Å². The van der Waals surface area contributed by atoms with E-state index in [9.17, 15) is 9.18 Å². The normalized spacial score (nSPS) is 10.4. The molecule has 3 aromatic rings. The van der Waals surface area contributed by atoms with Crippen LogP contribution in [0, 0.1) is 5.82 Å². The molecule has 1 amide bonds. The van der Waals surface area contributed by atoms with Crippen LogP contribution in [-0.4, -0.2) is 18.0 Å². The lowest BCUT2D eigenvalue weighted by atomic mass is 10.1. The molecule has 25 heavy (non-hydrogen) atoms. The van der Waals surface area contributed by atoms with Crippen molar-refractivity contribution < 1.29 is 13.9 Å². The number of carbonyl (C=O) groups excluding carboxylic acids is 1. The molecule has 3 rings (SSSR count). The SMILES string of the molecule is COc1ccc(F)cc1-c1ccc(C(=O)Nc2ccc(Cl)cc2)cn1. The lowest BCUT2D eigenvalue weighted by Crippen LogP contribution is -2.12. The number of benzene rings is 2. The van der Waals surface area contributed by atoms with Crippen molar-refractivity contribution in [3.05, 3.63) is 77.2 Å². The molecule has 2 aromatic carbocycles.